The minimum atomic E-state index is 0.00293. The van der Waals surface area contributed by atoms with Crippen LogP contribution in [0.2, 0.25) is 0 Å². The van der Waals surface area contributed by atoms with E-state index in [2.05, 4.69) is 6.07 Å². The zero-order valence-electron chi connectivity index (χ0n) is 9.76. The van der Waals surface area contributed by atoms with Crippen molar-refractivity contribution in [1.82, 2.24) is 9.47 Å². The summed E-state index contributed by atoms with van der Waals surface area (Å²) in [4.78, 5) is 13.5. The lowest BCUT2D eigenvalue weighted by Gasteiger charge is -2.23. The first-order valence-corrected chi connectivity index (χ1v) is 5.41. The Hall–Kier alpha value is -1.60. The van der Waals surface area contributed by atoms with Gasteiger partial charge in [-0.25, -0.2) is 0 Å². The van der Waals surface area contributed by atoms with Crippen molar-refractivity contribution in [3.05, 3.63) is 34.7 Å². The summed E-state index contributed by atoms with van der Waals surface area (Å²) in [7, 11) is 0. The maximum atomic E-state index is 11.4. The molecule has 0 bridgehead atoms. The SMILES string of the molecule is CC(C)N(CC#N)CCn1ccccc1=O. The van der Waals surface area contributed by atoms with E-state index in [4.69, 9.17) is 5.26 Å². The van der Waals surface area contributed by atoms with E-state index in [1.165, 1.54) is 0 Å². The Morgan fingerprint density at radius 3 is 2.81 bits per heavy atom. The summed E-state index contributed by atoms with van der Waals surface area (Å²) in [6, 6.07) is 7.57. The third-order valence-corrected chi connectivity index (χ3v) is 2.53. The molecule has 0 amide bonds. The van der Waals surface area contributed by atoms with Gasteiger partial charge in [0, 0.05) is 31.4 Å². The molecule has 1 heterocycles. The number of aromatic nitrogens is 1. The lowest BCUT2D eigenvalue weighted by Crippen LogP contribution is -2.35. The van der Waals surface area contributed by atoms with Crippen LogP contribution in [-0.4, -0.2) is 28.6 Å². The van der Waals surface area contributed by atoms with E-state index in [0.717, 1.165) is 6.54 Å². The molecule has 1 rings (SSSR count). The molecule has 0 aliphatic rings. The number of nitriles is 1. The molecule has 0 unspecified atom stereocenters. The van der Waals surface area contributed by atoms with Gasteiger partial charge in [0.25, 0.3) is 5.56 Å². The lowest BCUT2D eigenvalue weighted by atomic mass is 10.3. The number of rotatable bonds is 5. The standard InChI is InChI=1S/C12H17N3O/c1-11(2)14(8-6-13)9-10-15-7-4-3-5-12(15)16/h3-5,7,11H,8-10H2,1-2H3. The van der Waals surface area contributed by atoms with E-state index in [9.17, 15) is 4.79 Å². The van der Waals surface area contributed by atoms with Gasteiger partial charge < -0.3 is 4.57 Å². The molecule has 0 atom stereocenters. The second kappa shape index (κ2) is 6.09. The Labute approximate surface area is 95.7 Å². The average Bonchev–Trinajstić information content (AvgIpc) is 2.26. The quantitative estimate of drug-likeness (QED) is 0.696. The molecule has 86 valence electrons. The first-order valence-electron chi connectivity index (χ1n) is 5.41. The number of hydrogen-bond acceptors (Lipinski definition) is 3. The van der Waals surface area contributed by atoms with Gasteiger partial charge in [-0.05, 0) is 19.9 Å². The number of nitrogens with zero attached hydrogens (tertiary/aromatic N) is 3. The zero-order valence-corrected chi connectivity index (χ0v) is 9.76. The summed E-state index contributed by atoms with van der Waals surface area (Å²) in [6.07, 6.45) is 1.77. The molecule has 4 heteroatoms. The first kappa shape index (κ1) is 12.5. The normalized spacial score (nSPS) is 10.7. The van der Waals surface area contributed by atoms with E-state index in [-0.39, 0.29) is 5.56 Å². The van der Waals surface area contributed by atoms with Crippen molar-refractivity contribution in [2.45, 2.75) is 26.4 Å². The predicted molar refractivity (Wildman–Crippen MR) is 63.0 cm³/mol. The fourth-order valence-electron chi connectivity index (χ4n) is 1.49. The smallest absolute Gasteiger partial charge is 0.250 e. The van der Waals surface area contributed by atoms with Gasteiger partial charge in [-0.3, -0.25) is 9.69 Å². The Bertz CT molecular complexity index is 417. The van der Waals surface area contributed by atoms with Crippen LogP contribution in [0.15, 0.2) is 29.2 Å². The van der Waals surface area contributed by atoms with Crippen molar-refractivity contribution in [1.29, 1.82) is 5.26 Å². The fraction of sp³-hybridized carbons (Fsp3) is 0.500. The highest BCUT2D eigenvalue weighted by molar-refractivity contribution is 4.93. The molecule has 1 aromatic heterocycles. The summed E-state index contributed by atoms with van der Waals surface area (Å²) < 4.78 is 1.66. The van der Waals surface area contributed by atoms with E-state index in [1.807, 2.05) is 24.8 Å². The molecular weight excluding hydrogens is 202 g/mol. The van der Waals surface area contributed by atoms with Gasteiger partial charge in [0.05, 0.1) is 12.6 Å². The maximum Gasteiger partial charge on any atom is 0.250 e. The topological polar surface area (TPSA) is 49.0 Å². The van der Waals surface area contributed by atoms with Crippen LogP contribution in [0.5, 0.6) is 0 Å². The van der Waals surface area contributed by atoms with Crippen molar-refractivity contribution in [3.63, 3.8) is 0 Å². The highest BCUT2D eigenvalue weighted by atomic mass is 16.1. The van der Waals surface area contributed by atoms with Gasteiger partial charge in [0.15, 0.2) is 0 Å². The molecule has 0 N–H and O–H groups in total. The average molecular weight is 219 g/mol. The van der Waals surface area contributed by atoms with Gasteiger partial charge in [-0.1, -0.05) is 6.07 Å². The summed E-state index contributed by atoms with van der Waals surface area (Å²) in [5.74, 6) is 0. The van der Waals surface area contributed by atoms with Crippen molar-refractivity contribution in [3.8, 4) is 6.07 Å². The van der Waals surface area contributed by atoms with Crippen LogP contribution in [0.25, 0.3) is 0 Å². The van der Waals surface area contributed by atoms with E-state index >= 15 is 0 Å². The Morgan fingerprint density at radius 2 is 2.25 bits per heavy atom. The largest absolute Gasteiger partial charge is 0.314 e. The molecule has 0 aromatic carbocycles. The highest BCUT2D eigenvalue weighted by Crippen LogP contribution is 1.97. The second-order valence-corrected chi connectivity index (χ2v) is 3.95. The highest BCUT2D eigenvalue weighted by Gasteiger charge is 2.08. The van der Waals surface area contributed by atoms with E-state index in [1.54, 1.807) is 22.9 Å². The molecule has 4 nitrogen and oxygen atoms in total. The van der Waals surface area contributed by atoms with Crippen LogP contribution in [0.4, 0.5) is 0 Å². The van der Waals surface area contributed by atoms with Gasteiger partial charge in [-0.15, -0.1) is 0 Å². The third kappa shape index (κ3) is 3.52. The second-order valence-electron chi connectivity index (χ2n) is 3.95. The van der Waals surface area contributed by atoms with Crippen LogP contribution in [0, 0.1) is 11.3 Å². The Morgan fingerprint density at radius 1 is 1.50 bits per heavy atom. The number of pyridine rings is 1. The Kier molecular flexibility index (Phi) is 4.74. The maximum absolute atomic E-state index is 11.4. The minimum Gasteiger partial charge on any atom is -0.314 e. The van der Waals surface area contributed by atoms with Crippen LogP contribution >= 0.6 is 0 Å². The Balaban J connectivity index is 2.60. The summed E-state index contributed by atoms with van der Waals surface area (Å²) in [5, 5.41) is 8.68. The van der Waals surface area contributed by atoms with Gasteiger partial charge in [0.1, 0.15) is 0 Å². The molecule has 0 saturated heterocycles. The van der Waals surface area contributed by atoms with E-state index < -0.39 is 0 Å². The van der Waals surface area contributed by atoms with Crippen LogP contribution in [0.3, 0.4) is 0 Å². The molecule has 0 radical (unpaired) electrons. The van der Waals surface area contributed by atoms with Crippen molar-refractivity contribution < 1.29 is 0 Å². The molecule has 0 spiro atoms. The van der Waals surface area contributed by atoms with Gasteiger partial charge in [0.2, 0.25) is 0 Å². The van der Waals surface area contributed by atoms with E-state index in [0.29, 0.717) is 19.1 Å². The molecule has 0 aliphatic carbocycles. The molecule has 0 aliphatic heterocycles. The summed E-state index contributed by atoms with van der Waals surface area (Å²) >= 11 is 0. The van der Waals surface area contributed by atoms with Crippen molar-refractivity contribution in [2.75, 3.05) is 13.1 Å². The van der Waals surface area contributed by atoms with Crippen LogP contribution in [0.1, 0.15) is 13.8 Å². The fourth-order valence-corrected chi connectivity index (χ4v) is 1.49. The minimum absolute atomic E-state index is 0.00293. The summed E-state index contributed by atoms with van der Waals surface area (Å²) in [5.41, 5.74) is 0.00293. The van der Waals surface area contributed by atoms with Gasteiger partial charge in [-0.2, -0.15) is 5.26 Å². The molecular formula is C12H17N3O. The lowest BCUT2D eigenvalue weighted by molar-refractivity contribution is 0.238. The summed E-state index contributed by atoms with van der Waals surface area (Å²) in [6.45, 7) is 5.84. The van der Waals surface area contributed by atoms with Crippen molar-refractivity contribution in [2.24, 2.45) is 0 Å². The number of hydrogen-bond donors (Lipinski definition) is 0. The predicted octanol–water partition coefficient (Wildman–Crippen LogP) is 1.08. The van der Waals surface area contributed by atoms with Crippen LogP contribution < -0.4 is 5.56 Å². The monoisotopic (exact) mass is 219 g/mol. The van der Waals surface area contributed by atoms with Crippen LogP contribution in [-0.2, 0) is 6.54 Å². The van der Waals surface area contributed by atoms with Crippen molar-refractivity contribution >= 4 is 0 Å². The molecule has 0 saturated carbocycles. The zero-order chi connectivity index (χ0) is 12.0. The molecule has 16 heavy (non-hydrogen) atoms. The van der Waals surface area contributed by atoms with Gasteiger partial charge >= 0.3 is 0 Å². The first-order chi connectivity index (χ1) is 7.65. The third-order valence-electron chi connectivity index (χ3n) is 2.53. The molecule has 1 aromatic rings. The molecule has 0 fully saturated rings.